The molecule has 2 heterocycles. The van der Waals surface area contributed by atoms with Gasteiger partial charge >= 0.3 is 6.03 Å². The summed E-state index contributed by atoms with van der Waals surface area (Å²) in [5.41, 5.74) is 3.14. The number of hydrogen-bond acceptors (Lipinski definition) is 5. The van der Waals surface area contributed by atoms with Gasteiger partial charge in [-0.15, -0.1) is 10.2 Å². The average Bonchev–Trinajstić information content (AvgIpc) is 2.64. The molecule has 1 aliphatic heterocycles. The minimum Gasteiger partial charge on any atom is -0.361 e. The van der Waals surface area contributed by atoms with Crippen molar-refractivity contribution >= 4 is 23.4 Å². The Balaban J connectivity index is 1.56. The fourth-order valence-electron chi connectivity index (χ4n) is 3.01. The van der Waals surface area contributed by atoms with E-state index in [0.717, 1.165) is 36.0 Å². The number of hydrogen-bond donors (Lipinski definition) is 1. The molecule has 0 spiro atoms. The Hall–Kier alpha value is -2.83. The van der Waals surface area contributed by atoms with Crippen LogP contribution in [0.4, 0.5) is 22.1 Å². The number of rotatable bonds is 3. The van der Waals surface area contributed by atoms with Gasteiger partial charge in [-0.25, -0.2) is 4.79 Å². The van der Waals surface area contributed by atoms with Gasteiger partial charge in [0.05, 0.1) is 0 Å². The largest absolute Gasteiger partial charge is 0.361 e. The van der Waals surface area contributed by atoms with E-state index in [1.54, 1.807) is 0 Å². The first-order valence-electron chi connectivity index (χ1n) is 8.83. The summed E-state index contributed by atoms with van der Waals surface area (Å²) in [6.07, 6.45) is 0. The third kappa shape index (κ3) is 4.04. The number of aryl methyl sites for hydroxylation is 2. The summed E-state index contributed by atoms with van der Waals surface area (Å²) < 4.78 is 0. The third-order valence-corrected chi connectivity index (χ3v) is 4.61. The molecule has 0 unspecified atom stereocenters. The Bertz CT molecular complexity index is 766. The lowest BCUT2D eigenvalue weighted by Gasteiger charge is -2.35. The first-order chi connectivity index (χ1) is 12.4. The van der Waals surface area contributed by atoms with Crippen molar-refractivity contribution in [1.82, 2.24) is 15.1 Å². The van der Waals surface area contributed by atoms with E-state index < -0.39 is 0 Å². The minimum absolute atomic E-state index is 0.0503. The maximum atomic E-state index is 12.5. The molecule has 138 valence electrons. The van der Waals surface area contributed by atoms with Gasteiger partial charge < -0.3 is 20.0 Å². The molecule has 0 bridgehead atoms. The van der Waals surface area contributed by atoms with Gasteiger partial charge in [0, 0.05) is 46.0 Å². The summed E-state index contributed by atoms with van der Waals surface area (Å²) >= 11 is 0. The lowest BCUT2D eigenvalue weighted by Crippen LogP contribution is -2.50. The summed E-state index contributed by atoms with van der Waals surface area (Å²) in [4.78, 5) is 18.5. The van der Waals surface area contributed by atoms with Crippen LogP contribution in [-0.4, -0.2) is 61.4 Å². The summed E-state index contributed by atoms with van der Waals surface area (Å²) in [7, 11) is 3.88. The van der Waals surface area contributed by atoms with Crippen LogP contribution in [0.5, 0.6) is 0 Å². The minimum atomic E-state index is -0.0503. The Kier molecular flexibility index (Phi) is 5.25. The van der Waals surface area contributed by atoms with Gasteiger partial charge in [0.2, 0.25) is 0 Å². The average molecular weight is 354 g/mol. The van der Waals surface area contributed by atoms with Gasteiger partial charge in [0.1, 0.15) is 0 Å². The van der Waals surface area contributed by atoms with Crippen molar-refractivity contribution in [3.63, 3.8) is 0 Å². The van der Waals surface area contributed by atoms with Crippen molar-refractivity contribution in [2.75, 3.05) is 55.4 Å². The number of amides is 2. The molecule has 3 rings (SSSR count). The van der Waals surface area contributed by atoms with Crippen LogP contribution in [0.15, 0.2) is 30.3 Å². The quantitative estimate of drug-likeness (QED) is 0.917. The van der Waals surface area contributed by atoms with Crippen molar-refractivity contribution in [1.29, 1.82) is 0 Å². The molecule has 26 heavy (non-hydrogen) atoms. The molecular formula is C19H26N6O. The second kappa shape index (κ2) is 7.59. The Morgan fingerprint density at radius 1 is 1.04 bits per heavy atom. The highest BCUT2D eigenvalue weighted by atomic mass is 16.2. The molecular weight excluding hydrogens is 328 g/mol. The van der Waals surface area contributed by atoms with E-state index in [-0.39, 0.29) is 6.03 Å². The zero-order chi connectivity index (χ0) is 18.7. The van der Waals surface area contributed by atoms with Gasteiger partial charge in [-0.2, -0.15) is 0 Å². The molecule has 0 atom stereocenters. The van der Waals surface area contributed by atoms with E-state index >= 15 is 0 Å². The predicted molar refractivity (Wildman–Crippen MR) is 105 cm³/mol. The number of carbonyl (C=O) groups excluding carboxylic acids is 1. The number of carbonyl (C=O) groups is 1. The Morgan fingerprint density at radius 2 is 1.77 bits per heavy atom. The first kappa shape index (κ1) is 18.0. The maximum Gasteiger partial charge on any atom is 0.321 e. The van der Waals surface area contributed by atoms with Crippen LogP contribution in [0.2, 0.25) is 0 Å². The van der Waals surface area contributed by atoms with Crippen LogP contribution in [0.25, 0.3) is 0 Å². The molecule has 1 saturated heterocycles. The molecule has 1 fully saturated rings. The van der Waals surface area contributed by atoms with Crippen molar-refractivity contribution in [2.24, 2.45) is 0 Å². The standard InChI is InChI=1S/C19H26N6O/c1-14-5-6-16(15(2)13-14)20-19(26)25-11-9-24(10-12-25)18-8-7-17(21-22-18)23(3)4/h5-8,13H,9-12H2,1-4H3,(H,20,26). The molecule has 0 aliphatic carbocycles. The third-order valence-electron chi connectivity index (χ3n) is 4.61. The fourth-order valence-corrected chi connectivity index (χ4v) is 3.01. The maximum absolute atomic E-state index is 12.5. The monoisotopic (exact) mass is 354 g/mol. The second-order valence-corrected chi connectivity index (χ2v) is 6.87. The van der Waals surface area contributed by atoms with E-state index in [9.17, 15) is 4.79 Å². The van der Waals surface area contributed by atoms with Gasteiger partial charge in [-0.05, 0) is 37.6 Å². The highest BCUT2D eigenvalue weighted by Gasteiger charge is 2.22. The fraction of sp³-hybridized carbons (Fsp3) is 0.421. The van der Waals surface area contributed by atoms with Crippen LogP contribution >= 0.6 is 0 Å². The highest BCUT2D eigenvalue weighted by Crippen LogP contribution is 2.18. The zero-order valence-electron chi connectivity index (χ0n) is 15.9. The molecule has 1 aromatic heterocycles. The van der Waals surface area contributed by atoms with E-state index in [0.29, 0.717) is 13.1 Å². The van der Waals surface area contributed by atoms with Crippen LogP contribution in [0.1, 0.15) is 11.1 Å². The molecule has 1 aromatic carbocycles. The normalized spacial score (nSPS) is 14.3. The van der Waals surface area contributed by atoms with E-state index in [2.05, 4.69) is 26.5 Å². The molecule has 7 nitrogen and oxygen atoms in total. The SMILES string of the molecule is Cc1ccc(NC(=O)N2CCN(c3ccc(N(C)C)nn3)CC2)c(C)c1. The first-order valence-corrected chi connectivity index (χ1v) is 8.83. The molecule has 1 N–H and O–H groups in total. The number of urea groups is 1. The van der Waals surface area contributed by atoms with Crippen molar-refractivity contribution < 1.29 is 4.79 Å². The summed E-state index contributed by atoms with van der Waals surface area (Å²) in [5.74, 6) is 1.69. The van der Waals surface area contributed by atoms with Crippen LogP contribution < -0.4 is 15.1 Å². The lowest BCUT2D eigenvalue weighted by molar-refractivity contribution is 0.208. The van der Waals surface area contributed by atoms with Gasteiger partial charge in [-0.3, -0.25) is 0 Å². The number of anilines is 3. The highest BCUT2D eigenvalue weighted by molar-refractivity contribution is 5.90. The Morgan fingerprint density at radius 3 is 2.35 bits per heavy atom. The van der Waals surface area contributed by atoms with Gasteiger partial charge in [0.15, 0.2) is 11.6 Å². The van der Waals surface area contributed by atoms with Crippen molar-refractivity contribution in [2.45, 2.75) is 13.8 Å². The van der Waals surface area contributed by atoms with Crippen LogP contribution in [0, 0.1) is 13.8 Å². The molecule has 1 aliphatic rings. The number of nitrogens with zero attached hydrogens (tertiary/aromatic N) is 5. The summed E-state index contributed by atoms with van der Waals surface area (Å²) in [6.45, 7) is 6.87. The zero-order valence-corrected chi connectivity index (χ0v) is 15.9. The van der Waals surface area contributed by atoms with Crippen LogP contribution in [0.3, 0.4) is 0 Å². The number of nitrogens with one attached hydrogen (secondary N) is 1. The molecule has 7 heteroatoms. The summed E-state index contributed by atoms with van der Waals surface area (Å²) in [6, 6.07) is 9.93. The molecule has 2 amide bonds. The summed E-state index contributed by atoms with van der Waals surface area (Å²) in [5, 5.41) is 11.5. The predicted octanol–water partition coefficient (Wildman–Crippen LogP) is 2.51. The smallest absolute Gasteiger partial charge is 0.321 e. The van der Waals surface area contributed by atoms with E-state index in [1.165, 1.54) is 5.56 Å². The second-order valence-electron chi connectivity index (χ2n) is 6.87. The van der Waals surface area contributed by atoms with Crippen molar-refractivity contribution in [3.05, 3.63) is 41.5 Å². The topological polar surface area (TPSA) is 64.6 Å². The molecule has 2 aromatic rings. The number of piperazine rings is 1. The lowest BCUT2D eigenvalue weighted by atomic mass is 10.1. The van der Waals surface area contributed by atoms with E-state index in [1.807, 2.05) is 62.0 Å². The van der Waals surface area contributed by atoms with Crippen LogP contribution in [-0.2, 0) is 0 Å². The van der Waals surface area contributed by atoms with Crippen molar-refractivity contribution in [3.8, 4) is 0 Å². The molecule has 0 saturated carbocycles. The van der Waals surface area contributed by atoms with Gasteiger partial charge in [-0.1, -0.05) is 17.7 Å². The number of benzene rings is 1. The number of aromatic nitrogens is 2. The Labute approximate surface area is 154 Å². The van der Waals surface area contributed by atoms with Gasteiger partial charge in [0.25, 0.3) is 0 Å². The van der Waals surface area contributed by atoms with E-state index in [4.69, 9.17) is 0 Å². The molecule has 0 radical (unpaired) electrons.